The fraction of sp³-hybridized carbons (Fsp3) is 0.300. The second-order valence-electron chi connectivity index (χ2n) is 7.52. The van der Waals surface area contributed by atoms with Gasteiger partial charge in [0.25, 0.3) is 10.0 Å². The molecule has 2 aromatic carbocycles. The average molecular weight is 386 g/mol. The fourth-order valence-electron chi connectivity index (χ4n) is 3.07. The molecule has 2 amide bonds. The summed E-state index contributed by atoms with van der Waals surface area (Å²) < 4.78 is 28.2. The Bertz CT molecular complexity index is 973. The molecule has 3 rings (SSSR count). The zero-order valence-electron chi connectivity index (χ0n) is 15.5. The molecule has 0 aromatic heterocycles. The highest BCUT2D eigenvalue weighted by Gasteiger charge is 2.30. The van der Waals surface area contributed by atoms with Crippen LogP contribution in [0.3, 0.4) is 0 Å². The quantitative estimate of drug-likeness (QED) is 0.816. The Kier molecular flexibility index (Phi) is 4.82. The maximum Gasteiger partial charge on any atom is 0.261 e. The third-order valence-electron chi connectivity index (χ3n) is 4.44. The van der Waals surface area contributed by atoms with Gasteiger partial charge < -0.3 is 0 Å². The van der Waals surface area contributed by atoms with Gasteiger partial charge in [0.05, 0.1) is 16.3 Å². The summed E-state index contributed by atoms with van der Waals surface area (Å²) in [4.78, 5) is 24.8. The van der Waals surface area contributed by atoms with Crippen molar-refractivity contribution >= 4 is 33.2 Å². The topological polar surface area (TPSA) is 83.6 Å². The summed E-state index contributed by atoms with van der Waals surface area (Å²) in [5.74, 6) is -0.541. The van der Waals surface area contributed by atoms with Crippen LogP contribution in [0.15, 0.2) is 53.4 Å². The summed E-state index contributed by atoms with van der Waals surface area (Å²) in [5.41, 5.74) is 1.58. The Morgan fingerprint density at radius 2 is 1.44 bits per heavy atom. The smallest absolute Gasteiger partial charge is 0.261 e. The van der Waals surface area contributed by atoms with Crippen molar-refractivity contribution in [1.29, 1.82) is 0 Å². The Balaban J connectivity index is 1.89. The maximum atomic E-state index is 12.8. The average Bonchev–Trinajstić information content (AvgIpc) is 2.93. The van der Waals surface area contributed by atoms with E-state index in [4.69, 9.17) is 0 Å². The summed E-state index contributed by atoms with van der Waals surface area (Å²) in [5, 5.41) is 0. The number of nitrogens with zero attached hydrogens (tertiary/aromatic N) is 1. The molecule has 1 fully saturated rings. The molecule has 0 aliphatic carbocycles. The minimum absolute atomic E-state index is 0.0639. The van der Waals surface area contributed by atoms with E-state index in [1.807, 2.05) is 32.9 Å². The number of para-hydroxylation sites is 1. The summed E-state index contributed by atoms with van der Waals surface area (Å²) in [6.45, 7) is 6.04. The SMILES string of the molecule is CC(C)(C)c1ccccc1NS(=O)(=O)c1ccc(N2C(=O)CCC2=O)cc1. The molecule has 1 aliphatic heterocycles. The molecule has 6 nitrogen and oxygen atoms in total. The first-order valence-corrected chi connectivity index (χ1v) is 10.2. The predicted molar refractivity (Wildman–Crippen MR) is 104 cm³/mol. The van der Waals surface area contributed by atoms with Crippen LogP contribution in [-0.2, 0) is 25.0 Å². The number of amides is 2. The number of carbonyl (C=O) groups excluding carboxylic acids is 2. The number of sulfonamides is 1. The van der Waals surface area contributed by atoms with Gasteiger partial charge >= 0.3 is 0 Å². The summed E-state index contributed by atoms with van der Waals surface area (Å²) >= 11 is 0. The Morgan fingerprint density at radius 3 is 2.00 bits per heavy atom. The van der Waals surface area contributed by atoms with E-state index in [1.165, 1.54) is 24.3 Å². The van der Waals surface area contributed by atoms with Crippen molar-refractivity contribution in [3.63, 3.8) is 0 Å². The van der Waals surface area contributed by atoms with Crippen LogP contribution in [0, 0.1) is 0 Å². The molecule has 0 saturated carbocycles. The van der Waals surface area contributed by atoms with Crippen LogP contribution in [0.2, 0.25) is 0 Å². The zero-order chi connectivity index (χ0) is 19.8. The molecule has 0 bridgehead atoms. The normalized spacial score (nSPS) is 15.3. The summed E-state index contributed by atoms with van der Waals surface area (Å²) in [6, 6.07) is 13.0. The van der Waals surface area contributed by atoms with Crippen molar-refractivity contribution in [3.05, 3.63) is 54.1 Å². The van der Waals surface area contributed by atoms with E-state index in [9.17, 15) is 18.0 Å². The van der Waals surface area contributed by atoms with E-state index < -0.39 is 10.0 Å². The van der Waals surface area contributed by atoms with Crippen molar-refractivity contribution in [1.82, 2.24) is 0 Å². The van der Waals surface area contributed by atoms with Crippen LogP contribution in [0.25, 0.3) is 0 Å². The molecule has 1 saturated heterocycles. The van der Waals surface area contributed by atoms with Crippen molar-refractivity contribution in [2.75, 3.05) is 9.62 Å². The molecule has 1 aliphatic rings. The highest BCUT2D eigenvalue weighted by Crippen LogP contribution is 2.31. The third kappa shape index (κ3) is 3.88. The molecule has 7 heteroatoms. The Labute approximate surface area is 159 Å². The van der Waals surface area contributed by atoms with Gasteiger partial charge in [-0.15, -0.1) is 0 Å². The lowest BCUT2D eigenvalue weighted by atomic mass is 9.86. The lowest BCUT2D eigenvalue weighted by Gasteiger charge is -2.23. The van der Waals surface area contributed by atoms with Gasteiger partial charge in [-0.3, -0.25) is 19.2 Å². The van der Waals surface area contributed by atoms with Crippen LogP contribution in [0.5, 0.6) is 0 Å². The lowest BCUT2D eigenvalue weighted by Crippen LogP contribution is -2.28. The van der Waals surface area contributed by atoms with E-state index in [0.29, 0.717) is 11.4 Å². The van der Waals surface area contributed by atoms with Crippen molar-refractivity contribution in [3.8, 4) is 0 Å². The van der Waals surface area contributed by atoms with Gasteiger partial charge in [-0.1, -0.05) is 39.0 Å². The molecule has 1 N–H and O–H groups in total. The van der Waals surface area contributed by atoms with Gasteiger partial charge in [-0.2, -0.15) is 0 Å². The minimum atomic E-state index is -3.80. The Hall–Kier alpha value is -2.67. The van der Waals surface area contributed by atoms with E-state index in [2.05, 4.69) is 4.72 Å². The maximum absolute atomic E-state index is 12.8. The van der Waals surface area contributed by atoms with E-state index in [0.717, 1.165) is 10.5 Å². The number of nitrogens with one attached hydrogen (secondary N) is 1. The van der Waals surface area contributed by atoms with E-state index in [-0.39, 0.29) is 35.0 Å². The van der Waals surface area contributed by atoms with Gasteiger partial charge in [0.2, 0.25) is 11.8 Å². The first-order chi connectivity index (χ1) is 12.6. The number of hydrogen-bond acceptors (Lipinski definition) is 4. The van der Waals surface area contributed by atoms with Crippen LogP contribution in [0.1, 0.15) is 39.2 Å². The lowest BCUT2D eigenvalue weighted by molar-refractivity contribution is -0.121. The van der Waals surface area contributed by atoms with Crippen LogP contribution >= 0.6 is 0 Å². The molecule has 27 heavy (non-hydrogen) atoms. The largest absolute Gasteiger partial charge is 0.279 e. The third-order valence-corrected chi connectivity index (χ3v) is 5.82. The number of anilines is 2. The highest BCUT2D eigenvalue weighted by molar-refractivity contribution is 7.92. The first kappa shape index (κ1) is 19.1. The predicted octanol–water partition coefficient (Wildman–Crippen LogP) is 3.44. The van der Waals surface area contributed by atoms with Crippen LogP contribution in [0.4, 0.5) is 11.4 Å². The number of hydrogen-bond donors (Lipinski definition) is 1. The second-order valence-corrected chi connectivity index (χ2v) is 9.20. The van der Waals surface area contributed by atoms with Gasteiger partial charge in [-0.05, 0) is 41.3 Å². The van der Waals surface area contributed by atoms with Gasteiger partial charge in [0.15, 0.2) is 0 Å². The molecule has 0 spiro atoms. The standard InChI is InChI=1S/C20H22N2O4S/c1-20(2,3)16-6-4-5-7-17(16)21-27(25,26)15-10-8-14(9-11-15)22-18(23)12-13-19(22)24/h4-11,21H,12-13H2,1-3H3. The number of rotatable bonds is 4. The van der Waals surface area contributed by atoms with Crippen molar-refractivity contribution in [2.24, 2.45) is 0 Å². The van der Waals surface area contributed by atoms with Crippen molar-refractivity contribution in [2.45, 2.75) is 43.9 Å². The van der Waals surface area contributed by atoms with Gasteiger partial charge in [0, 0.05) is 12.8 Å². The molecular formula is C20H22N2O4S. The fourth-order valence-corrected chi connectivity index (χ4v) is 4.15. The second kappa shape index (κ2) is 6.81. The molecule has 0 atom stereocenters. The van der Waals surface area contributed by atoms with Crippen LogP contribution in [-0.4, -0.2) is 20.2 Å². The minimum Gasteiger partial charge on any atom is -0.279 e. The Morgan fingerprint density at radius 1 is 0.889 bits per heavy atom. The van der Waals surface area contributed by atoms with Crippen LogP contribution < -0.4 is 9.62 Å². The highest BCUT2D eigenvalue weighted by atomic mass is 32.2. The van der Waals surface area contributed by atoms with Gasteiger partial charge in [-0.25, -0.2) is 8.42 Å². The molecule has 2 aromatic rings. The molecule has 142 valence electrons. The molecule has 0 radical (unpaired) electrons. The first-order valence-electron chi connectivity index (χ1n) is 8.68. The number of carbonyl (C=O) groups is 2. The summed E-state index contributed by atoms with van der Waals surface area (Å²) in [6.07, 6.45) is 0.369. The zero-order valence-corrected chi connectivity index (χ0v) is 16.3. The van der Waals surface area contributed by atoms with Gasteiger partial charge in [0.1, 0.15) is 0 Å². The number of imide groups is 1. The molecule has 1 heterocycles. The van der Waals surface area contributed by atoms with E-state index >= 15 is 0 Å². The molecule has 0 unspecified atom stereocenters. The summed E-state index contributed by atoms with van der Waals surface area (Å²) in [7, 11) is -3.80. The number of benzene rings is 2. The van der Waals surface area contributed by atoms with E-state index in [1.54, 1.807) is 12.1 Å². The van der Waals surface area contributed by atoms with Crippen molar-refractivity contribution < 1.29 is 18.0 Å². The monoisotopic (exact) mass is 386 g/mol. The molecular weight excluding hydrogens is 364 g/mol.